The summed E-state index contributed by atoms with van der Waals surface area (Å²) in [4.78, 5) is 26.0. The monoisotopic (exact) mass is 339 g/mol. The number of hydrogen-bond donors (Lipinski definition) is 2. The van der Waals surface area contributed by atoms with E-state index in [0.717, 1.165) is 19.1 Å². The molecule has 2 rings (SSSR count). The van der Waals surface area contributed by atoms with Crippen molar-refractivity contribution in [2.24, 2.45) is 5.92 Å². The molecule has 7 nitrogen and oxygen atoms in total. The van der Waals surface area contributed by atoms with E-state index in [0.29, 0.717) is 24.3 Å². The lowest BCUT2D eigenvalue weighted by atomic mass is 9.96. The number of carbonyl (C=O) groups is 2. The maximum absolute atomic E-state index is 12.6. The smallest absolute Gasteiger partial charge is 0.253 e. The van der Waals surface area contributed by atoms with Gasteiger partial charge in [0.25, 0.3) is 5.91 Å². The summed E-state index contributed by atoms with van der Waals surface area (Å²) in [6, 6.07) is 6.36. The number of anilines is 1. The molecule has 1 fully saturated rings. The largest absolute Gasteiger partial charge is 0.359 e. The highest BCUT2D eigenvalue weighted by Gasteiger charge is 2.28. The standard InChI is InChI=1S/C15H21N3O4S/c1-16-14(19)12-6-4-8-18(10-12)15(20)11-5-3-7-13(9-11)17-23(2,21)22/h3,5,7,9,12,17H,4,6,8,10H2,1-2H3,(H,16,19). The van der Waals surface area contributed by atoms with Gasteiger partial charge >= 0.3 is 0 Å². The van der Waals surface area contributed by atoms with E-state index >= 15 is 0 Å². The highest BCUT2D eigenvalue weighted by Crippen LogP contribution is 2.20. The second-order valence-electron chi connectivity index (χ2n) is 5.66. The molecule has 1 aliphatic heterocycles. The predicted molar refractivity (Wildman–Crippen MR) is 87.6 cm³/mol. The second kappa shape index (κ2) is 6.99. The summed E-state index contributed by atoms with van der Waals surface area (Å²) >= 11 is 0. The Bertz CT molecular complexity index is 702. The third-order valence-electron chi connectivity index (χ3n) is 3.74. The summed E-state index contributed by atoms with van der Waals surface area (Å²) in [6.45, 7) is 0.971. The number of hydrogen-bond acceptors (Lipinski definition) is 4. The van der Waals surface area contributed by atoms with Crippen LogP contribution in [0.25, 0.3) is 0 Å². The number of nitrogens with zero attached hydrogens (tertiary/aromatic N) is 1. The van der Waals surface area contributed by atoms with Crippen molar-refractivity contribution < 1.29 is 18.0 Å². The summed E-state index contributed by atoms with van der Waals surface area (Å²) < 4.78 is 24.9. The molecule has 0 bridgehead atoms. The number of piperidine rings is 1. The molecule has 1 aliphatic rings. The molecular formula is C15H21N3O4S. The molecule has 1 aromatic rings. The lowest BCUT2D eigenvalue weighted by Gasteiger charge is -2.32. The van der Waals surface area contributed by atoms with E-state index in [1.165, 1.54) is 6.07 Å². The van der Waals surface area contributed by atoms with E-state index in [4.69, 9.17) is 0 Å². The SMILES string of the molecule is CNC(=O)C1CCCN(C(=O)c2cccc(NS(C)(=O)=O)c2)C1. The van der Waals surface area contributed by atoms with Crippen LogP contribution in [-0.2, 0) is 14.8 Å². The molecule has 8 heteroatoms. The normalized spacial score (nSPS) is 18.3. The first-order valence-corrected chi connectivity index (χ1v) is 9.28. The lowest BCUT2D eigenvalue weighted by Crippen LogP contribution is -2.44. The number of sulfonamides is 1. The Morgan fingerprint density at radius 2 is 2.04 bits per heavy atom. The fourth-order valence-electron chi connectivity index (χ4n) is 2.69. The van der Waals surface area contributed by atoms with Crippen LogP contribution in [0.2, 0.25) is 0 Å². The minimum atomic E-state index is -3.40. The van der Waals surface area contributed by atoms with Crippen LogP contribution in [0.4, 0.5) is 5.69 Å². The molecule has 2 N–H and O–H groups in total. The van der Waals surface area contributed by atoms with E-state index in [1.54, 1.807) is 30.1 Å². The third-order valence-corrected chi connectivity index (χ3v) is 4.35. The molecule has 1 atom stereocenters. The number of nitrogens with one attached hydrogen (secondary N) is 2. The molecule has 2 amide bonds. The van der Waals surface area contributed by atoms with Crippen LogP contribution in [-0.4, -0.2) is 51.5 Å². The zero-order valence-corrected chi connectivity index (χ0v) is 14.0. The van der Waals surface area contributed by atoms with E-state index in [9.17, 15) is 18.0 Å². The van der Waals surface area contributed by atoms with Crippen molar-refractivity contribution in [2.75, 3.05) is 31.1 Å². The second-order valence-corrected chi connectivity index (χ2v) is 7.41. The number of amides is 2. The molecule has 1 aromatic carbocycles. The van der Waals surface area contributed by atoms with Gasteiger partial charge in [0.15, 0.2) is 0 Å². The van der Waals surface area contributed by atoms with E-state index in [-0.39, 0.29) is 17.7 Å². The molecule has 0 radical (unpaired) electrons. The predicted octanol–water partition coefficient (Wildman–Crippen LogP) is 0.656. The Balaban J connectivity index is 2.13. The molecular weight excluding hydrogens is 318 g/mol. The van der Waals surface area contributed by atoms with Crippen molar-refractivity contribution in [3.63, 3.8) is 0 Å². The van der Waals surface area contributed by atoms with E-state index in [1.807, 2.05) is 0 Å². The summed E-state index contributed by atoms with van der Waals surface area (Å²) in [5, 5.41) is 2.62. The van der Waals surface area contributed by atoms with Crippen molar-refractivity contribution in [1.82, 2.24) is 10.2 Å². The Hall–Kier alpha value is -2.09. The average molecular weight is 339 g/mol. The Labute approximate surface area is 136 Å². The minimum absolute atomic E-state index is 0.0602. The first kappa shape index (κ1) is 17.3. The van der Waals surface area contributed by atoms with Gasteiger partial charge in [0.05, 0.1) is 12.2 Å². The summed E-state index contributed by atoms with van der Waals surface area (Å²) in [5.74, 6) is -0.458. The maximum atomic E-state index is 12.6. The van der Waals surface area contributed by atoms with Gasteiger partial charge in [-0.05, 0) is 31.0 Å². The van der Waals surface area contributed by atoms with Crippen LogP contribution in [0.1, 0.15) is 23.2 Å². The van der Waals surface area contributed by atoms with Gasteiger partial charge in [0.2, 0.25) is 15.9 Å². The van der Waals surface area contributed by atoms with Crippen molar-refractivity contribution in [3.05, 3.63) is 29.8 Å². The van der Waals surface area contributed by atoms with Crippen LogP contribution in [0.3, 0.4) is 0 Å². The molecule has 0 saturated carbocycles. The van der Waals surface area contributed by atoms with Gasteiger partial charge in [0.1, 0.15) is 0 Å². The van der Waals surface area contributed by atoms with Crippen molar-refractivity contribution in [1.29, 1.82) is 0 Å². The highest BCUT2D eigenvalue weighted by atomic mass is 32.2. The Morgan fingerprint density at radius 3 is 2.70 bits per heavy atom. The summed E-state index contributed by atoms with van der Waals surface area (Å²) in [7, 11) is -1.81. The fourth-order valence-corrected chi connectivity index (χ4v) is 3.25. The summed E-state index contributed by atoms with van der Waals surface area (Å²) in [5.41, 5.74) is 0.745. The van der Waals surface area contributed by atoms with Crippen LogP contribution >= 0.6 is 0 Å². The Kier molecular flexibility index (Phi) is 5.25. The summed E-state index contributed by atoms with van der Waals surface area (Å²) in [6.07, 6.45) is 2.59. The first-order valence-electron chi connectivity index (χ1n) is 7.39. The fraction of sp³-hybridized carbons (Fsp3) is 0.467. The van der Waals surface area contributed by atoms with Gasteiger partial charge in [-0.3, -0.25) is 14.3 Å². The quantitative estimate of drug-likeness (QED) is 0.842. The van der Waals surface area contributed by atoms with Crippen LogP contribution in [0.15, 0.2) is 24.3 Å². The third kappa shape index (κ3) is 4.69. The molecule has 126 valence electrons. The lowest BCUT2D eigenvalue weighted by molar-refractivity contribution is -0.125. The van der Waals surface area contributed by atoms with Crippen molar-refractivity contribution in [2.45, 2.75) is 12.8 Å². The minimum Gasteiger partial charge on any atom is -0.359 e. The zero-order valence-electron chi connectivity index (χ0n) is 13.2. The van der Waals surface area contributed by atoms with Crippen LogP contribution < -0.4 is 10.0 Å². The van der Waals surface area contributed by atoms with Gasteiger partial charge in [-0.1, -0.05) is 6.07 Å². The van der Waals surface area contributed by atoms with Crippen LogP contribution in [0, 0.1) is 5.92 Å². The molecule has 0 aliphatic carbocycles. The highest BCUT2D eigenvalue weighted by molar-refractivity contribution is 7.92. The number of carbonyl (C=O) groups excluding carboxylic acids is 2. The van der Waals surface area contributed by atoms with E-state index < -0.39 is 10.0 Å². The molecule has 0 aromatic heterocycles. The first-order chi connectivity index (χ1) is 10.8. The van der Waals surface area contributed by atoms with Gasteiger partial charge in [-0.2, -0.15) is 0 Å². The van der Waals surface area contributed by atoms with Gasteiger partial charge < -0.3 is 10.2 Å². The van der Waals surface area contributed by atoms with Crippen LogP contribution in [0.5, 0.6) is 0 Å². The van der Waals surface area contributed by atoms with Crippen molar-refractivity contribution >= 4 is 27.5 Å². The zero-order chi connectivity index (χ0) is 17.0. The molecule has 1 unspecified atom stereocenters. The molecule has 23 heavy (non-hydrogen) atoms. The van der Waals surface area contributed by atoms with Gasteiger partial charge in [-0.25, -0.2) is 8.42 Å². The van der Waals surface area contributed by atoms with Gasteiger partial charge in [-0.15, -0.1) is 0 Å². The average Bonchev–Trinajstić information content (AvgIpc) is 2.52. The maximum Gasteiger partial charge on any atom is 0.253 e. The molecule has 1 saturated heterocycles. The number of likely N-dealkylation sites (tertiary alicyclic amines) is 1. The topological polar surface area (TPSA) is 95.6 Å². The van der Waals surface area contributed by atoms with Crippen molar-refractivity contribution in [3.8, 4) is 0 Å². The van der Waals surface area contributed by atoms with E-state index in [2.05, 4.69) is 10.0 Å². The molecule has 0 spiro atoms. The Morgan fingerprint density at radius 1 is 1.30 bits per heavy atom. The van der Waals surface area contributed by atoms with Gasteiger partial charge in [0, 0.05) is 31.4 Å². The molecule has 1 heterocycles. The number of benzene rings is 1. The number of rotatable bonds is 4.